The molecule has 1 amide bonds. The number of benzene rings is 1. The Balaban J connectivity index is 2.14. The summed E-state index contributed by atoms with van der Waals surface area (Å²) in [6, 6.07) is 4.44. The summed E-state index contributed by atoms with van der Waals surface area (Å²) in [7, 11) is 0. The first kappa shape index (κ1) is 19.3. The maximum absolute atomic E-state index is 12.3. The van der Waals surface area contributed by atoms with E-state index in [1.54, 1.807) is 17.0 Å². The van der Waals surface area contributed by atoms with Gasteiger partial charge in [-0.05, 0) is 46.1 Å². The fraction of sp³-hybridized carbons (Fsp3) is 0.588. The van der Waals surface area contributed by atoms with E-state index in [-0.39, 0.29) is 17.8 Å². The lowest BCUT2D eigenvalue weighted by Crippen LogP contribution is -2.42. The van der Waals surface area contributed by atoms with Crippen molar-refractivity contribution in [1.29, 1.82) is 0 Å². The molecule has 8 heteroatoms. The second-order valence-electron chi connectivity index (χ2n) is 7.15. The van der Waals surface area contributed by atoms with Gasteiger partial charge >= 0.3 is 6.09 Å². The molecule has 1 heterocycles. The minimum Gasteiger partial charge on any atom is -0.444 e. The molecular formula is C17H24ClN3O4. The van der Waals surface area contributed by atoms with Crippen LogP contribution < -0.4 is 5.32 Å². The van der Waals surface area contributed by atoms with Crippen molar-refractivity contribution in [1.82, 2.24) is 4.90 Å². The summed E-state index contributed by atoms with van der Waals surface area (Å²) in [5.41, 5.74) is -0.334. The van der Waals surface area contributed by atoms with Gasteiger partial charge in [0.1, 0.15) is 11.3 Å². The fourth-order valence-electron chi connectivity index (χ4n) is 2.76. The van der Waals surface area contributed by atoms with Crippen LogP contribution in [0.1, 0.15) is 40.0 Å². The van der Waals surface area contributed by atoms with Crippen molar-refractivity contribution in [3.05, 3.63) is 33.3 Å². The minimum absolute atomic E-state index is 0.0689. The number of likely N-dealkylation sites (tertiary alicyclic amines) is 1. The van der Waals surface area contributed by atoms with E-state index in [0.717, 1.165) is 19.3 Å². The molecule has 1 aliphatic heterocycles. The summed E-state index contributed by atoms with van der Waals surface area (Å²) >= 11 is 6.15. The molecule has 0 aliphatic carbocycles. The number of nitro groups is 1. The Labute approximate surface area is 152 Å². The highest BCUT2D eigenvalue weighted by Crippen LogP contribution is 2.33. The van der Waals surface area contributed by atoms with Gasteiger partial charge in [-0.25, -0.2) is 4.79 Å². The van der Waals surface area contributed by atoms with E-state index in [0.29, 0.717) is 23.8 Å². The van der Waals surface area contributed by atoms with E-state index in [2.05, 4.69) is 5.32 Å². The van der Waals surface area contributed by atoms with Crippen LogP contribution in [0.5, 0.6) is 0 Å². The molecule has 0 aromatic heterocycles. The van der Waals surface area contributed by atoms with Crippen LogP contribution in [0.25, 0.3) is 0 Å². The number of amides is 1. The third kappa shape index (κ3) is 5.49. The smallest absolute Gasteiger partial charge is 0.410 e. The second kappa shape index (κ2) is 7.91. The SMILES string of the molecule is CC(C)(C)OC(=O)N1CCCCC(Nc2c(Cl)cccc2[N+](=O)[O-])C1. The van der Waals surface area contributed by atoms with Gasteiger partial charge in [-0.2, -0.15) is 0 Å². The van der Waals surface area contributed by atoms with Crippen molar-refractivity contribution >= 4 is 29.1 Å². The number of hydrogen-bond donors (Lipinski definition) is 1. The molecule has 0 bridgehead atoms. The number of anilines is 1. The Bertz CT molecular complexity index is 645. The largest absolute Gasteiger partial charge is 0.444 e. The van der Waals surface area contributed by atoms with Gasteiger partial charge < -0.3 is 15.0 Å². The van der Waals surface area contributed by atoms with Crippen molar-refractivity contribution in [2.24, 2.45) is 0 Å². The van der Waals surface area contributed by atoms with E-state index in [4.69, 9.17) is 16.3 Å². The summed E-state index contributed by atoms with van der Waals surface area (Å²) < 4.78 is 5.44. The van der Waals surface area contributed by atoms with E-state index in [9.17, 15) is 14.9 Å². The van der Waals surface area contributed by atoms with E-state index >= 15 is 0 Å². The Morgan fingerprint density at radius 1 is 1.40 bits per heavy atom. The highest BCUT2D eigenvalue weighted by molar-refractivity contribution is 6.33. The molecule has 1 atom stereocenters. The number of nitro benzene ring substituents is 1. The number of hydrogen-bond acceptors (Lipinski definition) is 5. The Morgan fingerprint density at radius 2 is 2.12 bits per heavy atom. The van der Waals surface area contributed by atoms with Crippen LogP contribution in [0, 0.1) is 10.1 Å². The molecule has 1 saturated heterocycles. The van der Waals surface area contributed by atoms with Gasteiger partial charge in [-0.3, -0.25) is 10.1 Å². The summed E-state index contributed by atoms with van der Waals surface area (Å²) in [6.07, 6.45) is 2.20. The van der Waals surface area contributed by atoms with E-state index in [1.165, 1.54) is 6.07 Å². The van der Waals surface area contributed by atoms with Gasteiger partial charge in [0.2, 0.25) is 0 Å². The third-order valence-electron chi connectivity index (χ3n) is 3.86. The number of nitrogens with one attached hydrogen (secondary N) is 1. The predicted molar refractivity (Wildman–Crippen MR) is 97.2 cm³/mol. The molecule has 0 spiro atoms. The van der Waals surface area contributed by atoms with Gasteiger partial charge in [-0.15, -0.1) is 0 Å². The van der Waals surface area contributed by atoms with Crippen molar-refractivity contribution in [2.45, 2.75) is 51.7 Å². The van der Waals surface area contributed by atoms with E-state index < -0.39 is 10.5 Å². The summed E-state index contributed by atoms with van der Waals surface area (Å²) in [5, 5.41) is 14.7. The van der Waals surface area contributed by atoms with Crippen molar-refractivity contribution in [2.75, 3.05) is 18.4 Å². The number of halogens is 1. The number of carbonyl (C=O) groups is 1. The molecular weight excluding hydrogens is 346 g/mol. The molecule has 25 heavy (non-hydrogen) atoms. The van der Waals surface area contributed by atoms with Crippen LogP contribution in [0.15, 0.2) is 18.2 Å². The molecule has 1 N–H and O–H groups in total. The highest BCUT2D eigenvalue weighted by atomic mass is 35.5. The minimum atomic E-state index is -0.562. The van der Waals surface area contributed by atoms with E-state index in [1.807, 2.05) is 20.8 Å². The normalized spacial score (nSPS) is 18.4. The topological polar surface area (TPSA) is 84.7 Å². The quantitative estimate of drug-likeness (QED) is 0.628. The number of nitrogens with zero attached hydrogens (tertiary/aromatic N) is 2. The van der Waals surface area contributed by atoms with Crippen LogP contribution in [-0.2, 0) is 4.74 Å². The molecule has 0 saturated carbocycles. The molecule has 1 aliphatic rings. The molecule has 1 fully saturated rings. The molecule has 1 aromatic rings. The Hall–Kier alpha value is -2.02. The third-order valence-corrected chi connectivity index (χ3v) is 4.17. The van der Waals surface area contributed by atoms with Crippen LogP contribution in [0.4, 0.5) is 16.2 Å². The summed E-state index contributed by atoms with van der Waals surface area (Å²) in [4.78, 5) is 24.8. The first-order chi connectivity index (χ1) is 11.7. The second-order valence-corrected chi connectivity index (χ2v) is 7.56. The molecule has 1 unspecified atom stereocenters. The lowest BCUT2D eigenvalue weighted by atomic mass is 10.1. The maximum atomic E-state index is 12.3. The van der Waals surface area contributed by atoms with Gasteiger partial charge in [0, 0.05) is 25.2 Å². The molecule has 1 aromatic carbocycles. The molecule has 7 nitrogen and oxygen atoms in total. The van der Waals surface area contributed by atoms with Gasteiger partial charge in [0.05, 0.1) is 9.95 Å². The fourth-order valence-corrected chi connectivity index (χ4v) is 2.99. The Kier molecular flexibility index (Phi) is 6.11. The predicted octanol–water partition coefficient (Wildman–Crippen LogP) is 4.45. The first-order valence-electron chi connectivity index (χ1n) is 8.35. The first-order valence-corrected chi connectivity index (χ1v) is 8.72. The average Bonchev–Trinajstić information content (AvgIpc) is 2.73. The van der Waals surface area contributed by atoms with Crippen molar-refractivity contribution in [3.63, 3.8) is 0 Å². The van der Waals surface area contributed by atoms with Gasteiger partial charge in [0.25, 0.3) is 5.69 Å². The van der Waals surface area contributed by atoms with Gasteiger partial charge in [-0.1, -0.05) is 17.7 Å². The van der Waals surface area contributed by atoms with Crippen molar-refractivity contribution in [3.8, 4) is 0 Å². The molecule has 2 rings (SSSR count). The lowest BCUT2D eigenvalue weighted by Gasteiger charge is -2.29. The van der Waals surface area contributed by atoms with Crippen LogP contribution in [0.3, 0.4) is 0 Å². The summed E-state index contributed by atoms with van der Waals surface area (Å²) in [5.74, 6) is 0. The van der Waals surface area contributed by atoms with Crippen LogP contribution in [-0.4, -0.2) is 40.6 Å². The average molecular weight is 370 g/mol. The molecule has 138 valence electrons. The highest BCUT2D eigenvalue weighted by Gasteiger charge is 2.28. The van der Waals surface area contributed by atoms with Crippen molar-refractivity contribution < 1.29 is 14.5 Å². The number of ether oxygens (including phenoxy) is 1. The van der Waals surface area contributed by atoms with Crippen LogP contribution >= 0.6 is 11.6 Å². The zero-order chi connectivity index (χ0) is 18.6. The molecule has 0 radical (unpaired) electrons. The summed E-state index contributed by atoms with van der Waals surface area (Å²) in [6.45, 7) is 6.50. The van der Waals surface area contributed by atoms with Gasteiger partial charge in [0.15, 0.2) is 0 Å². The maximum Gasteiger partial charge on any atom is 0.410 e. The lowest BCUT2D eigenvalue weighted by molar-refractivity contribution is -0.384. The zero-order valence-corrected chi connectivity index (χ0v) is 15.5. The number of carbonyl (C=O) groups excluding carboxylic acids is 1. The Morgan fingerprint density at radius 3 is 2.76 bits per heavy atom. The number of para-hydroxylation sites is 1. The number of rotatable bonds is 3. The monoisotopic (exact) mass is 369 g/mol. The zero-order valence-electron chi connectivity index (χ0n) is 14.8. The van der Waals surface area contributed by atoms with Crippen LogP contribution in [0.2, 0.25) is 5.02 Å². The standard InChI is InChI=1S/C17H24ClN3O4/c1-17(2,3)25-16(22)20-10-5-4-7-12(11-20)19-15-13(18)8-6-9-14(15)21(23)24/h6,8-9,12,19H,4-5,7,10-11H2,1-3H3.